The molecule has 0 radical (unpaired) electrons. The van der Waals surface area contributed by atoms with Crippen molar-refractivity contribution in [3.05, 3.63) is 35.1 Å². The normalized spacial score (nSPS) is 23.2. The van der Waals surface area contributed by atoms with E-state index in [1.54, 1.807) is 12.1 Å². The van der Waals surface area contributed by atoms with Crippen LogP contribution in [0.3, 0.4) is 0 Å². The summed E-state index contributed by atoms with van der Waals surface area (Å²) in [6.07, 6.45) is 3.77. The second kappa shape index (κ2) is 5.83. The summed E-state index contributed by atoms with van der Waals surface area (Å²) in [6, 6.07) is 5.76. The zero-order chi connectivity index (χ0) is 13.1. The zero-order valence-corrected chi connectivity index (χ0v) is 11.7. The molecule has 0 aliphatic heterocycles. The fraction of sp³-hybridized carbons (Fsp3) is 0.625. The van der Waals surface area contributed by atoms with Gasteiger partial charge in [0.1, 0.15) is 5.82 Å². The molecular formula is C16H24FN. The first kappa shape index (κ1) is 13.5. The fourth-order valence-electron chi connectivity index (χ4n) is 2.73. The van der Waals surface area contributed by atoms with Crippen molar-refractivity contribution in [1.29, 1.82) is 0 Å². The first-order valence-electron chi connectivity index (χ1n) is 7.04. The number of nitrogens with one attached hydrogen (secondary N) is 1. The van der Waals surface area contributed by atoms with Crippen molar-refractivity contribution in [2.24, 2.45) is 11.8 Å². The molecule has 1 nitrogen and oxygen atoms in total. The molecule has 0 heterocycles. The van der Waals surface area contributed by atoms with Crippen molar-refractivity contribution < 1.29 is 4.39 Å². The molecule has 0 spiro atoms. The van der Waals surface area contributed by atoms with Crippen LogP contribution in [0.1, 0.15) is 37.8 Å². The number of hydrogen-bond acceptors (Lipinski definition) is 1. The van der Waals surface area contributed by atoms with Crippen LogP contribution in [0.15, 0.2) is 18.2 Å². The SMILES string of the molecule is Cc1cc(F)ccc1CC1CCC1CNC(C)C. The Balaban J connectivity index is 1.89. The van der Waals surface area contributed by atoms with Crippen LogP contribution in [0.5, 0.6) is 0 Å². The van der Waals surface area contributed by atoms with E-state index in [9.17, 15) is 4.39 Å². The second-order valence-corrected chi connectivity index (χ2v) is 5.94. The molecule has 1 aromatic rings. The molecular weight excluding hydrogens is 225 g/mol. The van der Waals surface area contributed by atoms with Gasteiger partial charge in [0.25, 0.3) is 0 Å². The van der Waals surface area contributed by atoms with Crippen molar-refractivity contribution in [1.82, 2.24) is 5.32 Å². The summed E-state index contributed by atoms with van der Waals surface area (Å²) >= 11 is 0. The molecule has 1 saturated carbocycles. The minimum atomic E-state index is -0.122. The average Bonchev–Trinajstić information content (AvgIpc) is 2.26. The fourth-order valence-corrected chi connectivity index (χ4v) is 2.73. The lowest BCUT2D eigenvalue weighted by Crippen LogP contribution is -2.38. The number of rotatable bonds is 5. The first-order valence-corrected chi connectivity index (χ1v) is 7.04. The van der Waals surface area contributed by atoms with Gasteiger partial charge in [0, 0.05) is 6.04 Å². The largest absolute Gasteiger partial charge is 0.314 e. The predicted octanol–water partition coefficient (Wildman–Crippen LogP) is 3.70. The molecule has 1 aromatic carbocycles. The van der Waals surface area contributed by atoms with Gasteiger partial charge in [-0.25, -0.2) is 4.39 Å². The van der Waals surface area contributed by atoms with E-state index in [2.05, 4.69) is 19.2 Å². The molecule has 2 unspecified atom stereocenters. The molecule has 0 saturated heterocycles. The van der Waals surface area contributed by atoms with Crippen molar-refractivity contribution in [2.75, 3.05) is 6.54 Å². The van der Waals surface area contributed by atoms with Crippen LogP contribution in [0.4, 0.5) is 4.39 Å². The van der Waals surface area contributed by atoms with Crippen LogP contribution in [0, 0.1) is 24.6 Å². The monoisotopic (exact) mass is 249 g/mol. The summed E-state index contributed by atoms with van der Waals surface area (Å²) in [7, 11) is 0. The summed E-state index contributed by atoms with van der Waals surface area (Å²) in [4.78, 5) is 0. The maximum Gasteiger partial charge on any atom is 0.123 e. The third-order valence-electron chi connectivity index (χ3n) is 4.15. The van der Waals surface area contributed by atoms with Crippen molar-refractivity contribution in [2.45, 2.75) is 46.1 Å². The molecule has 2 heteroatoms. The third-order valence-corrected chi connectivity index (χ3v) is 4.15. The van der Waals surface area contributed by atoms with Crippen LogP contribution in [-0.2, 0) is 6.42 Å². The van der Waals surface area contributed by atoms with Gasteiger partial charge in [-0.05, 0) is 67.8 Å². The van der Waals surface area contributed by atoms with Gasteiger partial charge < -0.3 is 5.32 Å². The van der Waals surface area contributed by atoms with Gasteiger partial charge in [0.15, 0.2) is 0 Å². The van der Waals surface area contributed by atoms with E-state index in [1.807, 2.05) is 13.0 Å². The van der Waals surface area contributed by atoms with E-state index in [0.29, 0.717) is 6.04 Å². The van der Waals surface area contributed by atoms with E-state index in [4.69, 9.17) is 0 Å². The number of hydrogen-bond donors (Lipinski definition) is 1. The number of aryl methyl sites for hydroxylation is 1. The van der Waals surface area contributed by atoms with Crippen LogP contribution in [-0.4, -0.2) is 12.6 Å². The topological polar surface area (TPSA) is 12.0 Å². The Morgan fingerprint density at radius 3 is 2.56 bits per heavy atom. The Kier molecular flexibility index (Phi) is 4.39. The molecule has 0 aromatic heterocycles. The molecule has 100 valence electrons. The molecule has 1 fully saturated rings. The lowest BCUT2D eigenvalue weighted by Gasteiger charge is -2.38. The predicted molar refractivity (Wildman–Crippen MR) is 74.2 cm³/mol. The highest BCUT2D eigenvalue weighted by Crippen LogP contribution is 2.36. The van der Waals surface area contributed by atoms with Gasteiger partial charge in [0.05, 0.1) is 0 Å². The molecule has 2 rings (SSSR count). The number of halogens is 1. The van der Waals surface area contributed by atoms with Gasteiger partial charge in [-0.1, -0.05) is 19.9 Å². The van der Waals surface area contributed by atoms with Crippen LogP contribution < -0.4 is 5.32 Å². The minimum Gasteiger partial charge on any atom is -0.314 e. The van der Waals surface area contributed by atoms with E-state index in [0.717, 1.165) is 30.4 Å². The van der Waals surface area contributed by atoms with E-state index >= 15 is 0 Å². The van der Waals surface area contributed by atoms with Crippen molar-refractivity contribution in [3.63, 3.8) is 0 Å². The molecule has 18 heavy (non-hydrogen) atoms. The minimum absolute atomic E-state index is 0.122. The Morgan fingerprint density at radius 2 is 2.00 bits per heavy atom. The maximum atomic E-state index is 13.1. The summed E-state index contributed by atoms with van der Waals surface area (Å²) in [5, 5.41) is 3.53. The second-order valence-electron chi connectivity index (χ2n) is 5.94. The summed E-state index contributed by atoms with van der Waals surface area (Å²) in [5.74, 6) is 1.46. The Morgan fingerprint density at radius 1 is 1.28 bits per heavy atom. The highest BCUT2D eigenvalue weighted by Gasteiger charge is 2.30. The lowest BCUT2D eigenvalue weighted by molar-refractivity contribution is 0.167. The zero-order valence-electron chi connectivity index (χ0n) is 11.7. The van der Waals surface area contributed by atoms with Crippen LogP contribution in [0.25, 0.3) is 0 Å². The molecule has 1 N–H and O–H groups in total. The van der Waals surface area contributed by atoms with Gasteiger partial charge in [-0.15, -0.1) is 0 Å². The van der Waals surface area contributed by atoms with Gasteiger partial charge in [-0.3, -0.25) is 0 Å². The van der Waals surface area contributed by atoms with Gasteiger partial charge in [-0.2, -0.15) is 0 Å². The highest BCUT2D eigenvalue weighted by molar-refractivity contribution is 5.27. The quantitative estimate of drug-likeness (QED) is 0.839. The Labute approximate surface area is 110 Å². The van der Waals surface area contributed by atoms with Gasteiger partial charge in [0.2, 0.25) is 0 Å². The van der Waals surface area contributed by atoms with E-state index < -0.39 is 0 Å². The highest BCUT2D eigenvalue weighted by atomic mass is 19.1. The molecule has 1 aliphatic rings. The standard InChI is InChI=1S/C16H24FN/c1-11(2)18-10-15-5-4-14(15)9-13-6-7-16(17)8-12(13)3/h6-8,11,14-15,18H,4-5,9-10H2,1-3H3. The van der Waals surface area contributed by atoms with Gasteiger partial charge >= 0.3 is 0 Å². The summed E-state index contributed by atoms with van der Waals surface area (Å²) in [6.45, 7) is 7.52. The molecule has 0 bridgehead atoms. The van der Waals surface area contributed by atoms with Crippen molar-refractivity contribution in [3.8, 4) is 0 Å². The lowest BCUT2D eigenvalue weighted by atomic mass is 9.70. The maximum absolute atomic E-state index is 13.1. The van der Waals surface area contributed by atoms with Crippen LogP contribution >= 0.6 is 0 Å². The van der Waals surface area contributed by atoms with E-state index in [1.165, 1.54) is 18.4 Å². The average molecular weight is 249 g/mol. The first-order chi connectivity index (χ1) is 8.56. The number of benzene rings is 1. The Hall–Kier alpha value is -0.890. The molecule has 0 amide bonds. The summed E-state index contributed by atoms with van der Waals surface area (Å²) in [5.41, 5.74) is 2.41. The van der Waals surface area contributed by atoms with E-state index in [-0.39, 0.29) is 5.82 Å². The van der Waals surface area contributed by atoms with Crippen molar-refractivity contribution >= 4 is 0 Å². The van der Waals surface area contributed by atoms with Crippen LogP contribution in [0.2, 0.25) is 0 Å². The summed E-state index contributed by atoms with van der Waals surface area (Å²) < 4.78 is 13.1. The molecule has 2 atom stereocenters. The third kappa shape index (κ3) is 3.32. The molecule has 1 aliphatic carbocycles. The Bertz CT molecular complexity index is 400. The smallest absolute Gasteiger partial charge is 0.123 e.